The molecule has 0 aliphatic rings. The summed E-state index contributed by atoms with van der Waals surface area (Å²) in [5.74, 6) is 1.11. The summed E-state index contributed by atoms with van der Waals surface area (Å²) in [6, 6.07) is 14.8. The molecule has 2 aromatic heterocycles. The van der Waals surface area contributed by atoms with Crippen molar-refractivity contribution in [2.45, 2.75) is 11.8 Å². The highest BCUT2D eigenvalue weighted by Crippen LogP contribution is 2.31. The normalized spacial score (nSPS) is 10.3. The first-order valence-electron chi connectivity index (χ1n) is 7.39. The van der Waals surface area contributed by atoms with Gasteiger partial charge in [0.15, 0.2) is 0 Å². The highest BCUT2D eigenvalue weighted by molar-refractivity contribution is 8.00. The number of aromatic nitrogens is 2. The van der Waals surface area contributed by atoms with Crippen molar-refractivity contribution in [2.75, 3.05) is 10.5 Å². The molecule has 0 unspecified atom stereocenters. The van der Waals surface area contributed by atoms with Crippen LogP contribution in [0.15, 0.2) is 53.6 Å². The topological polar surface area (TPSA) is 87.6 Å². The van der Waals surface area contributed by atoms with E-state index in [0.717, 1.165) is 16.0 Å². The highest BCUT2D eigenvalue weighted by atomic mass is 35.5. The van der Waals surface area contributed by atoms with E-state index < -0.39 is 0 Å². The SMILES string of the molecule is Cc1ccc(C#N)cc1-c1nc(NSc2ccnc(N)c2)ccc1Cl. The first-order chi connectivity index (χ1) is 12.1. The van der Waals surface area contributed by atoms with Gasteiger partial charge in [-0.1, -0.05) is 17.7 Å². The third-order valence-electron chi connectivity index (χ3n) is 3.49. The van der Waals surface area contributed by atoms with E-state index in [-0.39, 0.29) is 0 Å². The van der Waals surface area contributed by atoms with E-state index in [1.165, 1.54) is 11.9 Å². The minimum Gasteiger partial charge on any atom is -0.384 e. The predicted molar refractivity (Wildman–Crippen MR) is 102 cm³/mol. The molecular formula is C18H14ClN5S. The van der Waals surface area contributed by atoms with Gasteiger partial charge in [-0.05, 0) is 60.8 Å². The van der Waals surface area contributed by atoms with Crippen LogP contribution in [0.1, 0.15) is 11.1 Å². The minimum absolute atomic E-state index is 0.459. The second kappa shape index (κ2) is 7.43. The summed E-state index contributed by atoms with van der Waals surface area (Å²) < 4.78 is 3.17. The van der Waals surface area contributed by atoms with Crippen LogP contribution in [0.3, 0.4) is 0 Å². The highest BCUT2D eigenvalue weighted by Gasteiger charge is 2.11. The molecule has 0 fully saturated rings. The Hall–Kier alpha value is -2.75. The number of hydrogen-bond acceptors (Lipinski definition) is 6. The quantitative estimate of drug-likeness (QED) is 0.651. The average Bonchev–Trinajstić information content (AvgIpc) is 2.62. The average molecular weight is 368 g/mol. The lowest BCUT2D eigenvalue weighted by Gasteiger charge is -2.11. The van der Waals surface area contributed by atoms with Crippen molar-refractivity contribution in [3.63, 3.8) is 0 Å². The Balaban J connectivity index is 1.90. The molecule has 25 heavy (non-hydrogen) atoms. The van der Waals surface area contributed by atoms with Crippen LogP contribution < -0.4 is 10.5 Å². The third-order valence-corrected chi connectivity index (χ3v) is 4.60. The maximum Gasteiger partial charge on any atom is 0.136 e. The van der Waals surface area contributed by atoms with Crippen molar-refractivity contribution in [1.29, 1.82) is 5.26 Å². The van der Waals surface area contributed by atoms with Gasteiger partial charge >= 0.3 is 0 Å². The number of nitrogens with zero attached hydrogens (tertiary/aromatic N) is 3. The fourth-order valence-electron chi connectivity index (χ4n) is 2.24. The fraction of sp³-hybridized carbons (Fsp3) is 0.0556. The van der Waals surface area contributed by atoms with Crippen molar-refractivity contribution in [3.8, 4) is 17.3 Å². The Morgan fingerprint density at radius 1 is 1.20 bits per heavy atom. The van der Waals surface area contributed by atoms with Crippen LogP contribution in [0.4, 0.5) is 11.6 Å². The molecule has 0 atom stereocenters. The zero-order valence-electron chi connectivity index (χ0n) is 13.3. The van der Waals surface area contributed by atoms with Crippen molar-refractivity contribution in [1.82, 2.24) is 9.97 Å². The van der Waals surface area contributed by atoms with Crippen LogP contribution in [0.5, 0.6) is 0 Å². The number of rotatable bonds is 4. The molecule has 0 radical (unpaired) electrons. The van der Waals surface area contributed by atoms with E-state index >= 15 is 0 Å². The Morgan fingerprint density at radius 3 is 2.80 bits per heavy atom. The number of nitrogen functional groups attached to an aromatic ring is 1. The van der Waals surface area contributed by atoms with Gasteiger partial charge in [0.25, 0.3) is 0 Å². The van der Waals surface area contributed by atoms with E-state index in [0.29, 0.717) is 27.9 Å². The number of anilines is 2. The Kier molecular flexibility index (Phi) is 5.08. The predicted octanol–water partition coefficient (Wildman–Crippen LogP) is 4.68. The van der Waals surface area contributed by atoms with Crippen LogP contribution >= 0.6 is 23.5 Å². The molecule has 124 valence electrons. The summed E-state index contributed by atoms with van der Waals surface area (Å²) in [5.41, 5.74) is 8.72. The smallest absolute Gasteiger partial charge is 0.136 e. The number of benzene rings is 1. The molecule has 0 aliphatic heterocycles. The summed E-state index contributed by atoms with van der Waals surface area (Å²) in [5, 5.41) is 9.65. The van der Waals surface area contributed by atoms with Gasteiger partial charge in [-0.2, -0.15) is 5.26 Å². The maximum absolute atomic E-state index is 9.12. The lowest BCUT2D eigenvalue weighted by molar-refractivity contribution is 1.27. The monoisotopic (exact) mass is 367 g/mol. The zero-order valence-corrected chi connectivity index (χ0v) is 14.9. The van der Waals surface area contributed by atoms with Gasteiger partial charge in [0, 0.05) is 16.7 Å². The molecule has 0 amide bonds. The van der Waals surface area contributed by atoms with E-state index in [1.807, 2.05) is 19.1 Å². The Bertz CT molecular complexity index is 968. The number of pyridine rings is 2. The molecule has 7 heteroatoms. The Morgan fingerprint density at radius 2 is 2.04 bits per heavy atom. The summed E-state index contributed by atoms with van der Waals surface area (Å²) in [6.07, 6.45) is 1.65. The standard InChI is InChI=1S/C18H14ClN5S/c1-11-2-3-12(10-20)8-14(11)18-15(19)4-5-17(23-18)24-25-13-6-7-22-16(21)9-13/h2-9H,1H3,(H2,21,22)(H,23,24). The summed E-state index contributed by atoms with van der Waals surface area (Å²) in [6.45, 7) is 1.96. The second-order valence-corrected chi connectivity index (χ2v) is 6.58. The van der Waals surface area contributed by atoms with Gasteiger partial charge < -0.3 is 10.5 Å². The molecule has 0 saturated carbocycles. The number of hydrogen-bond donors (Lipinski definition) is 2. The maximum atomic E-state index is 9.12. The van der Waals surface area contributed by atoms with E-state index in [1.54, 1.807) is 36.5 Å². The minimum atomic E-state index is 0.459. The van der Waals surface area contributed by atoms with Crippen LogP contribution in [-0.2, 0) is 0 Å². The van der Waals surface area contributed by atoms with Crippen LogP contribution in [0.2, 0.25) is 5.02 Å². The van der Waals surface area contributed by atoms with Gasteiger partial charge in [-0.3, -0.25) is 0 Å². The summed E-state index contributed by atoms with van der Waals surface area (Å²) in [4.78, 5) is 9.48. The van der Waals surface area contributed by atoms with Crippen LogP contribution in [0.25, 0.3) is 11.3 Å². The second-order valence-electron chi connectivity index (χ2n) is 5.29. The van der Waals surface area contributed by atoms with Crippen molar-refractivity contribution < 1.29 is 0 Å². The molecule has 5 nitrogen and oxygen atoms in total. The lowest BCUT2D eigenvalue weighted by Crippen LogP contribution is -1.96. The molecule has 2 heterocycles. The fourth-order valence-corrected chi connectivity index (χ4v) is 3.09. The van der Waals surface area contributed by atoms with E-state index in [2.05, 4.69) is 20.8 Å². The number of halogens is 1. The van der Waals surface area contributed by atoms with Crippen molar-refractivity contribution in [2.24, 2.45) is 0 Å². The molecule has 3 aromatic rings. The number of nitrogens with one attached hydrogen (secondary N) is 1. The third kappa shape index (κ3) is 4.02. The lowest BCUT2D eigenvalue weighted by atomic mass is 10.0. The molecule has 0 aliphatic carbocycles. The summed E-state index contributed by atoms with van der Waals surface area (Å²) >= 11 is 7.71. The summed E-state index contributed by atoms with van der Waals surface area (Å²) in [7, 11) is 0. The first kappa shape index (κ1) is 17.1. The van der Waals surface area contributed by atoms with Crippen LogP contribution in [0, 0.1) is 18.3 Å². The molecule has 0 bridgehead atoms. The molecule has 1 aromatic carbocycles. The van der Waals surface area contributed by atoms with Gasteiger partial charge in [0.2, 0.25) is 0 Å². The molecule has 3 rings (SSSR count). The molecule has 3 N–H and O–H groups in total. The first-order valence-corrected chi connectivity index (χ1v) is 8.58. The Labute approximate surface area is 155 Å². The van der Waals surface area contributed by atoms with Gasteiger partial charge in [-0.25, -0.2) is 9.97 Å². The van der Waals surface area contributed by atoms with Crippen LogP contribution in [-0.4, -0.2) is 9.97 Å². The molecule has 0 spiro atoms. The largest absolute Gasteiger partial charge is 0.384 e. The van der Waals surface area contributed by atoms with Gasteiger partial charge in [-0.15, -0.1) is 0 Å². The van der Waals surface area contributed by atoms with Gasteiger partial charge in [0.1, 0.15) is 11.6 Å². The molecule has 0 saturated heterocycles. The number of aryl methyl sites for hydroxylation is 1. The van der Waals surface area contributed by atoms with E-state index in [9.17, 15) is 0 Å². The zero-order chi connectivity index (χ0) is 17.8. The number of nitriles is 1. The van der Waals surface area contributed by atoms with Crippen molar-refractivity contribution >= 4 is 35.2 Å². The van der Waals surface area contributed by atoms with Gasteiger partial charge in [0.05, 0.1) is 22.3 Å². The number of nitrogens with two attached hydrogens (primary N) is 1. The molecular weight excluding hydrogens is 354 g/mol. The van der Waals surface area contributed by atoms with E-state index in [4.69, 9.17) is 22.6 Å². The van der Waals surface area contributed by atoms with Crippen molar-refractivity contribution in [3.05, 3.63) is 64.8 Å².